The molecule has 0 N–H and O–H groups in total. The van der Waals surface area contributed by atoms with Crippen LogP contribution in [-0.4, -0.2) is 49.3 Å². The van der Waals surface area contributed by atoms with Gasteiger partial charge in [-0.05, 0) is 44.4 Å². The van der Waals surface area contributed by atoms with Gasteiger partial charge in [0.25, 0.3) is 0 Å². The molecule has 20 heavy (non-hydrogen) atoms. The van der Waals surface area contributed by atoms with E-state index in [0.717, 1.165) is 58.6 Å². The standard InChI is InChI=1S/C16H27NO3/c1-3-19-6-4-13-5-7-20-16(9-13)10-17(11-16)15(18)14-8-12(14)2/h12-14H,3-11H2,1-2H3/t12-,13-,14-/m1/s1. The largest absolute Gasteiger partial charge is 0.382 e. The second-order valence-electron chi connectivity index (χ2n) is 6.89. The van der Waals surface area contributed by atoms with Crippen molar-refractivity contribution in [3.63, 3.8) is 0 Å². The van der Waals surface area contributed by atoms with E-state index in [9.17, 15) is 4.79 Å². The first kappa shape index (κ1) is 14.3. The number of rotatable bonds is 5. The molecule has 2 heterocycles. The van der Waals surface area contributed by atoms with Gasteiger partial charge in [0.15, 0.2) is 0 Å². The number of carbonyl (C=O) groups excluding carboxylic acids is 1. The number of nitrogens with zero attached hydrogens (tertiary/aromatic N) is 1. The maximum Gasteiger partial charge on any atom is 0.226 e. The summed E-state index contributed by atoms with van der Waals surface area (Å²) >= 11 is 0. The molecule has 4 heteroatoms. The summed E-state index contributed by atoms with van der Waals surface area (Å²) in [4.78, 5) is 14.2. The van der Waals surface area contributed by atoms with Crippen LogP contribution >= 0.6 is 0 Å². The molecular weight excluding hydrogens is 254 g/mol. The Morgan fingerprint density at radius 1 is 1.45 bits per heavy atom. The van der Waals surface area contributed by atoms with Gasteiger partial charge in [0.1, 0.15) is 5.60 Å². The Balaban J connectivity index is 1.45. The fourth-order valence-electron chi connectivity index (χ4n) is 3.70. The molecule has 1 amide bonds. The lowest BCUT2D eigenvalue weighted by Crippen LogP contribution is -2.67. The Morgan fingerprint density at radius 3 is 2.85 bits per heavy atom. The first-order chi connectivity index (χ1) is 9.63. The lowest BCUT2D eigenvalue weighted by molar-refractivity contribution is -0.190. The van der Waals surface area contributed by atoms with Gasteiger partial charge in [-0.3, -0.25) is 4.79 Å². The molecule has 0 bridgehead atoms. The van der Waals surface area contributed by atoms with Crippen molar-refractivity contribution in [3.05, 3.63) is 0 Å². The quantitative estimate of drug-likeness (QED) is 0.724. The monoisotopic (exact) mass is 281 g/mol. The summed E-state index contributed by atoms with van der Waals surface area (Å²) in [6.07, 6.45) is 4.46. The second-order valence-corrected chi connectivity index (χ2v) is 6.89. The zero-order valence-electron chi connectivity index (χ0n) is 12.8. The van der Waals surface area contributed by atoms with E-state index in [1.54, 1.807) is 0 Å². The van der Waals surface area contributed by atoms with E-state index in [0.29, 0.717) is 23.7 Å². The summed E-state index contributed by atoms with van der Waals surface area (Å²) in [6, 6.07) is 0. The molecule has 0 radical (unpaired) electrons. The molecule has 2 aliphatic heterocycles. The van der Waals surface area contributed by atoms with E-state index in [2.05, 4.69) is 6.92 Å². The molecule has 3 atom stereocenters. The van der Waals surface area contributed by atoms with E-state index >= 15 is 0 Å². The summed E-state index contributed by atoms with van der Waals surface area (Å²) in [5.74, 6) is 1.98. The van der Waals surface area contributed by atoms with Crippen LogP contribution in [0, 0.1) is 17.8 Å². The van der Waals surface area contributed by atoms with E-state index in [1.165, 1.54) is 0 Å². The van der Waals surface area contributed by atoms with Gasteiger partial charge in [0.05, 0.1) is 13.1 Å². The van der Waals surface area contributed by atoms with E-state index < -0.39 is 0 Å². The fourth-order valence-corrected chi connectivity index (χ4v) is 3.70. The Bertz CT molecular complexity index is 365. The maximum atomic E-state index is 12.2. The lowest BCUT2D eigenvalue weighted by Gasteiger charge is -2.53. The van der Waals surface area contributed by atoms with Crippen molar-refractivity contribution in [2.75, 3.05) is 32.9 Å². The van der Waals surface area contributed by atoms with Gasteiger partial charge in [-0.15, -0.1) is 0 Å². The van der Waals surface area contributed by atoms with Crippen molar-refractivity contribution in [3.8, 4) is 0 Å². The minimum atomic E-state index is -0.0249. The van der Waals surface area contributed by atoms with Gasteiger partial charge in [0, 0.05) is 25.7 Å². The first-order valence-electron chi connectivity index (χ1n) is 8.14. The van der Waals surface area contributed by atoms with Crippen LogP contribution in [0.25, 0.3) is 0 Å². The zero-order valence-corrected chi connectivity index (χ0v) is 12.8. The van der Waals surface area contributed by atoms with Gasteiger partial charge in [-0.1, -0.05) is 6.92 Å². The van der Waals surface area contributed by atoms with Gasteiger partial charge in [0.2, 0.25) is 5.91 Å². The third kappa shape index (κ3) is 2.86. The molecule has 3 fully saturated rings. The van der Waals surface area contributed by atoms with Crippen LogP contribution in [0.2, 0.25) is 0 Å². The maximum absolute atomic E-state index is 12.2. The lowest BCUT2D eigenvalue weighted by atomic mass is 9.79. The normalized spacial score (nSPS) is 34.9. The summed E-state index contributed by atoms with van der Waals surface area (Å²) in [6.45, 7) is 8.35. The number of hydrogen-bond acceptors (Lipinski definition) is 3. The molecule has 3 rings (SSSR count). The van der Waals surface area contributed by atoms with Gasteiger partial charge < -0.3 is 14.4 Å². The van der Waals surface area contributed by atoms with Crippen LogP contribution < -0.4 is 0 Å². The van der Waals surface area contributed by atoms with Crippen LogP contribution in [0.3, 0.4) is 0 Å². The molecule has 0 unspecified atom stereocenters. The molecule has 0 aromatic carbocycles. The topological polar surface area (TPSA) is 38.8 Å². The molecule has 1 aliphatic carbocycles. The predicted molar refractivity (Wildman–Crippen MR) is 76.4 cm³/mol. The van der Waals surface area contributed by atoms with Crippen molar-refractivity contribution in [1.82, 2.24) is 4.90 Å². The van der Waals surface area contributed by atoms with Crippen LogP contribution in [0.1, 0.15) is 39.5 Å². The van der Waals surface area contributed by atoms with Crippen molar-refractivity contribution >= 4 is 5.91 Å². The van der Waals surface area contributed by atoms with Crippen LogP contribution in [-0.2, 0) is 14.3 Å². The van der Waals surface area contributed by atoms with Crippen molar-refractivity contribution in [2.45, 2.75) is 45.1 Å². The Kier molecular flexibility index (Phi) is 4.04. The third-order valence-electron chi connectivity index (χ3n) is 5.17. The highest BCUT2D eigenvalue weighted by molar-refractivity contribution is 5.82. The highest BCUT2D eigenvalue weighted by Gasteiger charge is 2.52. The molecule has 4 nitrogen and oxygen atoms in total. The number of hydrogen-bond donors (Lipinski definition) is 0. The number of carbonyl (C=O) groups is 1. The highest BCUT2D eigenvalue weighted by atomic mass is 16.5. The zero-order chi connectivity index (χ0) is 14.2. The Morgan fingerprint density at radius 2 is 2.20 bits per heavy atom. The molecular formula is C16H27NO3. The molecule has 114 valence electrons. The number of likely N-dealkylation sites (tertiary alicyclic amines) is 1. The smallest absolute Gasteiger partial charge is 0.226 e. The minimum Gasteiger partial charge on any atom is -0.382 e. The van der Waals surface area contributed by atoms with Gasteiger partial charge >= 0.3 is 0 Å². The number of ether oxygens (including phenoxy) is 2. The van der Waals surface area contributed by atoms with Crippen LogP contribution in [0.5, 0.6) is 0 Å². The molecule has 0 aromatic rings. The molecule has 3 aliphatic rings. The van der Waals surface area contributed by atoms with E-state index in [1.807, 2.05) is 11.8 Å². The van der Waals surface area contributed by atoms with Gasteiger partial charge in [-0.2, -0.15) is 0 Å². The first-order valence-corrected chi connectivity index (χ1v) is 8.14. The second kappa shape index (κ2) is 5.64. The SMILES string of the molecule is CCOCC[C@@H]1CCOC2(C1)CN(C(=O)[C@@H]1C[C@H]1C)C2. The fraction of sp³-hybridized carbons (Fsp3) is 0.938. The van der Waals surface area contributed by atoms with E-state index in [4.69, 9.17) is 9.47 Å². The average Bonchev–Trinajstić information content (AvgIpc) is 3.13. The summed E-state index contributed by atoms with van der Waals surface area (Å²) in [5, 5.41) is 0. The number of amides is 1. The van der Waals surface area contributed by atoms with Gasteiger partial charge in [-0.25, -0.2) is 0 Å². The summed E-state index contributed by atoms with van der Waals surface area (Å²) in [7, 11) is 0. The molecule has 0 aromatic heterocycles. The highest BCUT2D eigenvalue weighted by Crippen LogP contribution is 2.43. The average molecular weight is 281 g/mol. The summed E-state index contributed by atoms with van der Waals surface area (Å²) in [5.41, 5.74) is -0.0249. The third-order valence-corrected chi connectivity index (χ3v) is 5.17. The predicted octanol–water partition coefficient (Wildman–Crippen LogP) is 2.08. The van der Waals surface area contributed by atoms with Crippen molar-refractivity contribution in [2.24, 2.45) is 17.8 Å². The van der Waals surface area contributed by atoms with Crippen molar-refractivity contribution in [1.29, 1.82) is 0 Å². The Hall–Kier alpha value is -0.610. The molecule has 1 spiro atoms. The van der Waals surface area contributed by atoms with Crippen molar-refractivity contribution < 1.29 is 14.3 Å². The molecule has 2 saturated heterocycles. The van der Waals surface area contributed by atoms with Crippen LogP contribution in [0.4, 0.5) is 0 Å². The Labute approximate surface area is 121 Å². The van der Waals surface area contributed by atoms with Crippen LogP contribution in [0.15, 0.2) is 0 Å². The summed E-state index contributed by atoms with van der Waals surface area (Å²) < 4.78 is 11.5. The minimum absolute atomic E-state index is 0.0249. The molecule has 1 saturated carbocycles. The van der Waals surface area contributed by atoms with E-state index in [-0.39, 0.29) is 5.60 Å².